The summed E-state index contributed by atoms with van der Waals surface area (Å²) in [5.41, 5.74) is 0.593. The van der Waals surface area contributed by atoms with E-state index in [1.54, 1.807) is 24.5 Å². The zero-order valence-electron chi connectivity index (χ0n) is 16.2. The molecule has 160 valence electrons. The SMILES string of the molecule is COCC(O)C(O)C(Cc1ccncc1)NC(=O)c1coc(N(C)S(C)(=O)=O)n1. The second kappa shape index (κ2) is 9.78. The predicted octanol–water partition coefficient (Wildman–Crippen LogP) is -0.825. The van der Waals surface area contributed by atoms with Crippen molar-refractivity contribution in [2.24, 2.45) is 0 Å². The van der Waals surface area contributed by atoms with Crippen LogP contribution in [0.5, 0.6) is 0 Å². The summed E-state index contributed by atoms with van der Waals surface area (Å²) in [6, 6.07) is 2.26. The third-order valence-corrected chi connectivity index (χ3v) is 5.31. The molecular weight excluding hydrogens is 404 g/mol. The van der Waals surface area contributed by atoms with Crippen LogP contribution < -0.4 is 9.62 Å². The van der Waals surface area contributed by atoms with Gasteiger partial charge in [0.2, 0.25) is 10.0 Å². The van der Waals surface area contributed by atoms with Crippen molar-refractivity contribution in [2.45, 2.75) is 24.7 Å². The van der Waals surface area contributed by atoms with Crippen LogP contribution in [0.4, 0.5) is 6.01 Å². The van der Waals surface area contributed by atoms with Gasteiger partial charge in [0.1, 0.15) is 18.5 Å². The first kappa shape index (κ1) is 22.7. The fourth-order valence-electron chi connectivity index (χ4n) is 2.46. The van der Waals surface area contributed by atoms with Gasteiger partial charge in [-0.2, -0.15) is 4.98 Å². The van der Waals surface area contributed by atoms with E-state index in [2.05, 4.69) is 15.3 Å². The fourth-order valence-corrected chi connectivity index (χ4v) is 2.83. The molecule has 1 amide bonds. The third-order valence-electron chi connectivity index (χ3n) is 4.16. The Morgan fingerprint density at radius 1 is 1.34 bits per heavy atom. The number of methoxy groups -OCH3 is 1. The number of rotatable bonds is 10. The number of sulfonamides is 1. The first-order chi connectivity index (χ1) is 13.6. The molecule has 2 aromatic rings. The first-order valence-corrected chi connectivity index (χ1v) is 10.4. The number of aliphatic hydroxyl groups excluding tert-OH is 2. The molecule has 12 heteroatoms. The number of pyridine rings is 1. The summed E-state index contributed by atoms with van der Waals surface area (Å²) in [5.74, 6) is -0.704. The first-order valence-electron chi connectivity index (χ1n) is 8.57. The van der Waals surface area contributed by atoms with Crippen LogP contribution in [0.2, 0.25) is 0 Å². The molecule has 3 N–H and O–H groups in total. The van der Waals surface area contributed by atoms with Crippen LogP contribution in [0.15, 0.2) is 35.2 Å². The fraction of sp³-hybridized carbons (Fsp3) is 0.471. The van der Waals surface area contributed by atoms with E-state index >= 15 is 0 Å². The Labute approximate surface area is 168 Å². The van der Waals surface area contributed by atoms with Gasteiger partial charge in [0.05, 0.1) is 18.9 Å². The molecule has 0 fully saturated rings. The largest absolute Gasteiger partial charge is 0.430 e. The highest BCUT2D eigenvalue weighted by Crippen LogP contribution is 2.16. The van der Waals surface area contributed by atoms with Crippen LogP contribution in [0.3, 0.4) is 0 Å². The summed E-state index contributed by atoms with van der Waals surface area (Å²) in [7, 11) is -0.998. The van der Waals surface area contributed by atoms with Crippen LogP contribution in [-0.2, 0) is 21.2 Å². The number of amides is 1. The number of hydrogen-bond acceptors (Lipinski definition) is 9. The van der Waals surface area contributed by atoms with Crippen LogP contribution >= 0.6 is 0 Å². The summed E-state index contributed by atoms with van der Waals surface area (Å²) in [6.45, 7) is -0.128. The molecular formula is C17H24N4O7S. The number of nitrogens with zero attached hydrogens (tertiary/aromatic N) is 3. The Morgan fingerprint density at radius 3 is 2.59 bits per heavy atom. The van der Waals surface area contributed by atoms with Gasteiger partial charge in [-0.15, -0.1) is 0 Å². The molecule has 29 heavy (non-hydrogen) atoms. The molecule has 2 aromatic heterocycles. The minimum absolute atomic E-state index is 0.128. The lowest BCUT2D eigenvalue weighted by molar-refractivity contribution is -0.0407. The number of aliphatic hydroxyl groups is 2. The van der Waals surface area contributed by atoms with Crippen LogP contribution in [-0.4, -0.2) is 79.8 Å². The lowest BCUT2D eigenvalue weighted by Gasteiger charge is -2.27. The molecule has 0 aromatic carbocycles. The van der Waals surface area contributed by atoms with E-state index in [-0.39, 0.29) is 24.7 Å². The van der Waals surface area contributed by atoms with Gasteiger partial charge in [-0.05, 0) is 24.1 Å². The predicted molar refractivity (Wildman–Crippen MR) is 103 cm³/mol. The van der Waals surface area contributed by atoms with E-state index in [4.69, 9.17) is 9.15 Å². The van der Waals surface area contributed by atoms with E-state index in [1.807, 2.05) is 0 Å². The van der Waals surface area contributed by atoms with Crippen molar-refractivity contribution < 1.29 is 32.6 Å². The lowest BCUT2D eigenvalue weighted by atomic mass is 9.98. The number of carbonyl (C=O) groups is 1. The molecule has 3 atom stereocenters. The van der Waals surface area contributed by atoms with Crippen molar-refractivity contribution in [3.8, 4) is 0 Å². The van der Waals surface area contributed by atoms with Gasteiger partial charge in [-0.1, -0.05) is 0 Å². The van der Waals surface area contributed by atoms with Crippen LogP contribution in [0.25, 0.3) is 0 Å². The topological polar surface area (TPSA) is 155 Å². The highest BCUT2D eigenvalue weighted by molar-refractivity contribution is 7.92. The maximum absolute atomic E-state index is 12.6. The standard InChI is InChI=1S/C17H24N4O7S/c1-21(29(3,25)26)17-20-13(9-28-17)16(24)19-12(15(23)14(22)10-27-2)8-11-4-6-18-7-5-11/h4-7,9,12,14-15,22-23H,8,10H2,1-3H3,(H,19,24). The molecule has 11 nitrogen and oxygen atoms in total. The van der Waals surface area contributed by atoms with E-state index < -0.39 is 34.2 Å². The molecule has 3 unspecified atom stereocenters. The molecule has 0 spiro atoms. The number of oxazole rings is 1. The Hall–Kier alpha value is -2.54. The Bertz CT molecular complexity index is 904. The smallest absolute Gasteiger partial charge is 0.311 e. The molecule has 0 saturated carbocycles. The highest BCUT2D eigenvalue weighted by atomic mass is 32.2. The average Bonchev–Trinajstić information content (AvgIpc) is 3.16. The molecule has 0 saturated heterocycles. The number of carbonyl (C=O) groups excluding carboxylic acids is 1. The van der Waals surface area contributed by atoms with Crippen molar-refractivity contribution in [3.63, 3.8) is 0 Å². The average molecular weight is 428 g/mol. The molecule has 0 aliphatic rings. The van der Waals surface area contributed by atoms with E-state index in [0.717, 1.165) is 22.4 Å². The quantitative estimate of drug-likeness (QED) is 0.440. The Balaban J connectivity index is 2.19. The van der Waals surface area contributed by atoms with Gasteiger partial charge in [-0.25, -0.2) is 12.7 Å². The van der Waals surface area contributed by atoms with E-state index in [0.29, 0.717) is 0 Å². The van der Waals surface area contributed by atoms with Crippen LogP contribution in [0, 0.1) is 0 Å². The molecule has 2 heterocycles. The second-order valence-corrected chi connectivity index (χ2v) is 8.41. The minimum atomic E-state index is -3.61. The summed E-state index contributed by atoms with van der Waals surface area (Å²) in [5, 5.41) is 23.1. The van der Waals surface area contributed by atoms with Gasteiger partial charge < -0.3 is 24.7 Å². The summed E-state index contributed by atoms with van der Waals surface area (Å²) >= 11 is 0. The maximum atomic E-state index is 12.6. The zero-order chi connectivity index (χ0) is 21.6. The zero-order valence-corrected chi connectivity index (χ0v) is 17.0. The minimum Gasteiger partial charge on any atom is -0.430 e. The summed E-state index contributed by atoms with van der Waals surface area (Å²) in [4.78, 5) is 20.4. The number of anilines is 1. The van der Waals surface area contributed by atoms with Gasteiger partial charge >= 0.3 is 6.01 Å². The Kier molecular flexibility index (Phi) is 7.67. The number of ether oxygens (including phenoxy) is 1. The third kappa shape index (κ3) is 6.22. The van der Waals surface area contributed by atoms with E-state index in [1.165, 1.54) is 14.2 Å². The van der Waals surface area contributed by atoms with Crippen molar-refractivity contribution in [1.29, 1.82) is 0 Å². The lowest BCUT2D eigenvalue weighted by Crippen LogP contribution is -2.51. The van der Waals surface area contributed by atoms with Gasteiger partial charge in [0.25, 0.3) is 5.91 Å². The number of nitrogens with one attached hydrogen (secondary N) is 1. The van der Waals surface area contributed by atoms with E-state index in [9.17, 15) is 23.4 Å². The molecule has 0 aliphatic heterocycles. The molecule has 0 radical (unpaired) electrons. The van der Waals surface area contributed by atoms with Crippen molar-refractivity contribution in [1.82, 2.24) is 15.3 Å². The molecule has 2 rings (SSSR count). The number of hydrogen-bond donors (Lipinski definition) is 3. The van der Waals surface area contributed by atoms with Gasteiger partial charge in [0.15, 0.2) is 5.69 Å². The monoisotopic (exact) mass is 428 g/mol. The Morgan fingerprint density at radius 2 is 2.00 bits per heavy atom. The highest BCUT2D eigenvalue weighted by Gasteiger charge is 2.29. The normalized spacial score (nSPS) is 14.8. The van der Waals surface area contributed by atoms with Gasteiger partial charge in [-0.3, -0.25) is 9.78 Å². The van der Waals surface area contributed by atoms with Gasteiger partial charge in [0, 0.05) is 26.6 Å². The summed E-state index contributed by atoms with van der Waals surface area (Å²) < 4.78 is 33.8. The summed E-state index contributed by atoms with van der Waals surface area (Å²) in [6.07, 6.45) is 2.73. The second-order valence-electron chi connectivity index (χ2n) is 6.40. The van der Waals surface area contributed by atoms with Crippen LogP contribution in [0.1, 0.15) is 16.1 Å². The van der Waals surface area contributed by atoms with Crippen molar-refractivity contribution in [3.05, 3.63) is 42.0 Å². The molecule has 0 bridgehead atoms. The van der Waals surface area contributed by atoms with Crippen molar-refractivity contribution in [2.75, 3.05) is 31.3 Å². The molecule has 0 aliphatic carbocycles. The van der Waals surface area contributed by atoms with Crippen molar-refractivity contribution >= 4 is 21.9 Å². The number of aromatic nitrogens is 2. The maximum Gasteiger partial charge on any atom is 0.311 e.